The van der Waals surface area contributed by atoms with E-state index in [9.17, 15) is 5.11 Å². The van der Waals surface area contributed by atoms with Gasteiger partial charge >= 0.3 is 0 Å². The summed E-state index contributed by atoms with van der Waals surface area (Å²) in [6, 6.07) is 6.04. The molecular formula is C20H24O. The lowest BCUT2D eigenvalue weighted by molar-refractivity contribution is 0.0774. The smallest absolute Gasteiger partial charge is 0.115 e. The maximum atomic E-state index is 9.72. The number of allylic oxidation sites excluding steroid dienone is 3. The number of aromatic hydroxyl groups is 1. The zero-order valence-corrected chi connectivity index (χ0v) is 12.8. The Morgan fingerprint density at radius 2 is 2.19 bits per heavy atom. The molecule has 1 nitrogen and oxygen atoms in total. The Bertz CT molecular complexity index is 627. The first-order valence-corrected chi connectivity index (χ1v) is 8.28. The van der Waals surface area contributed by atoms with Gasteiger partial charge < -0.3 is 5.11 Å². The summed E-state index contributed by atoms with van der Waals surface area (Å²) in [5, 5.41) is 9.72. The van der Waals surface area contributed by atoms with Gasteiger partial charge in [0, 0.05) is 0 Å². The maximum absolute atomic E-state index is 9.72. The molecule has 0 amide bonds. The van der Waals surface area contributed by atoms with Crippen molar-refractivity contribution in [1.29, 1.82) is 0 Å². The number of fused-ring (bicyclic) bond motifs is 5. The zero-order chi connectivity index (χ0) is 14.6. The van der Waals surface area contributed by atoms with E-state index < -0.39 is 0 Å². The molecule has 21 heavy (non-hydrogen) atoms. The molecule has 3 aliphatic rings. The molecule has 0 aliphatic heterocycles. The predicted octanol–water partition coefficient (Wildman–Crippen LogP) is 4.97. The summed E-state index contributed by atoms with van der Waals surface area (Å²) in [5.41, 5.74) is 4.74. The highest BCUT2D eigenvalue weighted by molar-refractivity contribution is 5.41. The molecule has 4 atom stereocenters. The lowest BCUT2D eigenvalue weighted by Crippen LogP contribution is -2.40. The highest BCUT2D eigenvalue weighted by Gasteiger charge is 2.50. The molecular weight excluding hydrogens is 256 g/mol. The lowest BCUT2D eigenvalue weighted by atomic mass is 9.54. The van der Waals surface area contributed by atoms with Crippen molar-refractivity contribution in [2.75, 3.05) is 0 Å². The van der Waals surface area contributed by atoms with Gasteiger partial charge in [-0.2, -0.15) is 0 Å². The van der Waals surface area contributed by atoms with Crippen LogP contribution in [0.4, 0.5) is 0 Å². The monoisotopic (exact) mass is 280 g/mol. The fourth-order valence-corrected chi connectivity index (χ4v) is 5.49. The minimum absolute atomic E-state index is 0.358. The molecule has 110 valence electrons. The van der Waals surface area contributed by atoms with E-state index in [1.165, 1.54) is 42.4 Å². The van der Waals surface area contributed by atoms with Crippen molar-refractivity contribution >= 4 is 0 Å². The summed E-state index contributed by atoms with van der Waals surface area (Å²) >= 11 is 0. The first-order chi connectivity index (χ1) is 10.1. The molecule has 0 aromatic heterocycles. The summed E-state index contributed by atoms with van der Waals surface area (Å²) in [5.74, 6) is 2.70. The summed E-state index contributed by atoms with van der Waals surface area (Å²) in [4.78, 5) is 0. The number of hydrogen-bond acceptors (Lipinski definition) is 1. The van der Waals surface area contributed by atoms with Gasteiger partial charge in [-0.1, -0.05) is 31.7 Å². The quantitative estimate of drug-likeness (QED) is 0.770. The Kier molecular flexibility index (Phi) is 2.82. The van der Waals surface area contributed by atoms with Crippen LogP contribution in [-0.2, 0) is 6.42 Å². The molecule has 0 heterocycles. The van der Waals surface area contributed by atoms with E-state index in [0.29, 0.717) is 17.1 Å². The average molecular weight is 280 g/mol. The van der Waals surface area contributed by atoms with Gasteiger partial charge in [0.25, 0.3) is 0 Å². The number of hydrogen-bond donors (Lipinski definition) is 1. The predicted molar refractivity (Wildman–Crippen MR) is 86.4 cm³/mol. The summed E-state index contributed by atoms with van der Waals surface area (Å²) in [6.45, 7) is 6.49. The molecule has 0 bridgehead atoms. The highest BCUT2D eigenvalue weighted by Crippen LogP contribution is 2.61. The number of phenols is 1. The zero-order valence-electron chi connectivity index (χ0n) is 12.8. The van der Waals surface area contributed by atoms with Crippen LogP contribution in [0.15, 0.2) is 42.5 Å². The Labute approximate surface area is 127 Å². The van der Waals surface area contributed by atoms with Gasteiger partial charge in [-0.3, -0.25) is 0 Å². The molecule has 0 saturated heterocycles. The van der Waals surface area contributed by atoms with Crippen molar-refractivity contribution in [3.63, 3.8) is 0 Å². The van der Waals surface area contributed by atoms with Gasteiger partial charge in [-0.25, -0.2) is 0 Å². The molecule has 1 N–H and O–H groups in total. The van der Waals surface area contributed by atoms with Crippen LogP contribution in [0.5, 0.6) is 5.75 Å². The second kappa shape index (κ2) is 4.50. The van der Waals surface area contributed by atoms with E-state index in [4.69, 9.17) is 0 Å². The van der Waals surface area contributed by atoms with Crippen molar-refractivity contribution < 1.29 is 5.11 Å². The Morgan fingerprint density at radius 1 is 1.33 bits per heavy atom. The normalized spacial score (nSPS) is 37.2. The van der Waals surface area contributed by atoms with Crippen molar-refractivity contribution in [1.82, 2.24) is 0 Å². The Morgan fingerprint density at radius 3 is 3.00 bits per heavy atom. The van der Waals surface area contributed by atoms with Gasteiger partial charge in [0.05, 0.1) is 0 Å². The van der Waals surface area contributed by atoms with Gasteiger partial charge in [0.15, 0.2) is 0 Å². The number of aryl methyl sites for hydroxylation is 1. The Balaban J connectivity index is 1.71. The molecule has 1 saturated carbocycles. The number of rotatable bonds is 1. The van der Waals surface area contributed by atoms with Crippen LogP contribution in [0, 0.1) is 17.3 Å². The molecule has 1 heteroatoms. The molecule has 4 rings (SSSR count). The molecule has 0 spiro atoms. The summed E-state index contributed by atoms with van der Waals surface area (Å²) < 4.78 is 0. The molecule has 0 radical (unpaired) electrons. The van der Waals surface area contributed by atoms with E-state index in [0.717, 1.165) is 18.3 Å². The number of benzene rings is 1. The topological polar surface area (TPSA) is 20.2 Å². The van der Waals surface area contributed by atoms with E-state index in [2.05, 4.69) is 31.7 Å². The fourth-order valence-electron chi connectivity index (χ4n) is 5.49. The van der Waals surface area contributed by atoms with Crippen LogP contribution in [-0.4, -0.2) is 5.11 Å². The van der Waals surface area contributed by atoms with Crippen molar-refractivity contribution in [3.05, 3.63) is 53.6 Å². The SMILES string of the molecule is C=CC1=CCC2C3CCc4cc(O)ccc4C3CC[C@]12C. The van der Waals surface area contributed by atoms with Crippen LogP contribution >= 0.6 is 0 Å². The molecule has 1 fully saturated rings. The molecule has 1 aromatic rings. The summed E-state index contributed by atoms with van der Waals surface area (Å²) in [6.07, 6.45) is 10.7. The van der Waals surface area contributed by atoms with Crippen molar-refractivity contribution in [2.45, 2.75) is 44.9 Å². The maximum Gasteiger partial charge on any atom is 0.115 e. The minimum atomic E-state index is 0.358. The van der Waals surface area contributed by atoms with Crippen LogP contribution < -0.4 is 0 Å². The van der Waals surface area contributed by atoms with E-state index in [-0.39, 0.29) is 0 Å². The largest absolute Gasteiger partial charge is 0.508 e. The summed E-state index contributed by atoms with van der Waals surface area (Å²) in [7, 11) is 0. The molecule has 3 unspecified atom stereocenters. The minimum Gasteiger partial charge on any atom is -0.508 e. The van der Waals surface area contributed by atoms with Gasteiger partial charge in [-0.05, 0) is 84.1 Å². The van der Waals surface area contributed by atoms with Gasteiger partial charge in [-0.15, -0.1) is 0 Å². The van der Waals surface area contributed by atoms with Crippen molar-refractivity contribution in [3.8, 4) is 5.75 Å². The van der Waals surface area contributed by atoms with E-state index in [1.54, 1.807) is 0 Å². The van der Waals surface area contributed by atoms with E-state index >= 15 is 0 Å². The van der Waals surface area contributed by atoms with Crippen molar-refractivity contribution in [2.24, 2.45) is 17.3 Å². The first kappa shape index (κ1) is 13.2. The third kappa shape index (κ3) is 1.76. The molecule has 1 aromatic carbocycles. The fraction of sp³-hybridized carbons (Fsp3) is 0.500. The average Bonchev–Trinajstić information content (AvgIpc) is 2.83. The van der Waals surface area contributed by atoms with Crippen LogP contribution in [0.1, 0.15) is 49.7 Å². The van der Waals surface area contributed by atoms with E-state index in [1.807, 2.05) is 12.1 Å². The lowest BCUT2D eigenvalue weighted by Gasteiger charge is -2.50. The third-order valence-corrected chi connectivity index (χ3v) is 6.57. The van der Waals surface area contributed by atoms with Crippen LogP contribution in [0.3, 0.4) is 0 Å². The standard InChI is InChI=1S/C20H24O/c1-3-14-5-9-19-18-7-4-13-12-15(21)6-8-16(13)17(18)10-11-20(14,19)2/h3,5-6,8,12,17-19,21H,1,4,7,9-11H2,2H3/t17?,18?,19?,20-/m1/s1. The van der Waals surface area contributed by atoms with Gasteiger partial charge in [0.2, 0.25) is 0 Å². The Hall–Kier alpha value is -1.50. The third-order valence-electron chi connectivity index (χ3n) is 6.57. The highest BCUT2D eigenvalue weighted by atomic mass is 16.3. The second-order valence-corrected chi connectivity index (χ2v) is 7.35. The van der Waals surface area contributed by atoms with Gasteiger partial charge in [0.1, 0.15) is 5.75 Å². The van der Waals surface area contributed by atoms with Crippen LogP contribution in [0.2, 0.25) is 0 Å². The number of phenolic OH excluding ortho intramolecular Hbond substituents is 1. The van der Waals surface area contributed by atoms with Crippen LogP contribution in [0.25, 0.3) is 0 Å². The first-order valence-electron chi connectivity index (χ1n) is 8.28. The molecule has 3 aliphatic carbocycles. The second-order valence-electron chi connectivity index (χ2n) is 7.35.